The highest BCUT2D eigenvalue weighted by Gasteiger charge is 2.37. The van der Waals surface area contributed by atoms with E-state index in [0.717, 1.165) is 77.0 Å². The Kier molecular flexibility index (Phi) is 14.0. The summed E-state index contributed by atoms with van der Waals surface area (Å²) >= 11 is 0. The van der Waals surface area contributed by atoms with Gasteiger partial charge in [-0.15, -0.1) is 0 Å². The Morgan fingerprint density at radius 2 is 1.21 bits per heavy atom. The number of ether oxygens (including phenoxy) is 2. The first-order valence-corrected chi connectivity index (χ1v) is 17.1. The van der Waals surface area contributed by atoms with Crippen LogP contribution in [0.5, 0.6) is 0 Å². The van der Waals surface area contributed by atoms with Crippen molar-refractivity contribution in [3.63, 3.8) is 0 Å². The molecule has 10 heteroatoms. The maximum absolute atomic E-state index is 12.8. The second kappa shape index (κ2) is 17.4. The highest BCUT2D eigenvalue weighted by Crippen LogP contribution is 2.33. The van der Waals surface area contributed by atoms with E-state index in [1.165, 1.54) is 12.8 Å². The van der Waals surface area contributed by atoms with Gasteiger partial charge in [-0.05, 0) is 88.9 Å². The Morgan fingerprint density at radius 3 is 1.77 bits per heavy atom. The third-order valence-corrected chi connectivity index (χ3v) is 10.4. The average Bonchev–Trinajstić information content (AvgIpc) is 3.01. The molecule has 0 spiro atoms. The first-order valence-electron chi connectivity index (χ1n) is 17.1. The van der Waals surface area contributed by atoms with E-state index in [-0.39, 0.29) is 29.6 Å². The largest absolute Gasteiger partial charge is 0.481 e. The fourth-order valence-corrected chi connectivity index (χ4v) is 7.59. The summed E-state index contributed by atoms with van der Waals surface area (Å²) in [7, 11) is 0. The van der Waals surface area contributed by atoms with Crippen molar-refractivity contribution >= 4 is 11.9 Å². The lowest BCUT2D eigenvalue weighted by molar-refractivity contribution is -0.256. The summed E-state index contributed by atoms with van der Waals surface area (Å²) in [5, 5.41) is 21.5. The van der Waals surface area contributed by atoms with Gasteiger partial charge in [-0.2, -0.15) is 5.48 Å². The normalized spacial score (nSPS) is 34.0. The van der Waals surface area contributed by atoms with Crippen molar-refractivity contribution in [3.8, 4) is 0 Å². The van der Waals surface area contributed by atoms with Crippen molar-refractivity contribution in [1.82, 2.24) is 10.8 Å². The molecular formula is C33H58N2O8. The van der Waals surface area contributed by atoms with E-state index >= 15 is 0 Å². The summed E-state index contributed by atoms with van der Waals surface area (Å²) in [6, 6.07) is 0.466. The quantitative estimate of drug-likeness (QED) is 0.140. The minimum Gasteiger partial charge on any atom is -0.481 e. The van der Waals surface area contributed by atoms with Crippen LogP contribution in [0.1, 0.15) is 117 Å². The molecule has 4 unspecified atom stereocenters. The third-order valence-electron chi connectivity index (χ3n) is 10.4. The molecule has 4 N–H and O–H groups in total. The van der Waals surface area contributed by atoms with Gasteiger partial charge in [0.05, 0.1) is 50.5 Å². The van der Waals surface area contributed by atoms with Crippen LogP contribution in [0.25, 0.3) is 0 Å². The molecule has 4 saturated carbocycles. The predicted molar refractivity (Wildman–Crippen MR) is 162 cm³/mol. The fourth-order valence-electron chi connectivity index (χ4n) is 7.59. The zero-order valence-electron chi connectivity index (χ0n) is 26.6. The first kappa shape index (κ1) is 34.6. The molecule has 0 radical (unpaired) electrons. The van der Waals surface area contributed by atoms with Crippen LogP contribution in [-0.2, 0) is 28.8 Å². The summed E-state index contributed by atoms with van der Waals surface area (Å²) < 4.78 is 12.7. The Labute approximate surface area is 258 Å². The molecule has 0 aromatic heterocycles. The van der Waals surface area contributed by atoms with E-state index < -0.39 is 17.8 Å². The standard InChI is InChI=1S/C33H58N2O8/c1-33(2,21-40-27-15-11-25(12-16-27)34-31(36)29-9-5-6-10-30(29)32(37)38)22-41-28-17-13-26(14-18-28)35-42-19-23-7-3-4-8-24(23)20-43-39/h23-30,35,39H,3-22H2,1-2H3,(H,34,36)(H,37,38). The van der Waals surface area contributed by atoms with Gasteiger partial charge in [0, 0.05) is 17.5 Å². The maximum atomic E-state index is 12.8. The minimum atomic E-state index is -0.839. The number of hydrogen-bond donors (Lipinski definition) is 4. The van der Waals surface area contributed by atoms with Crippen LogP contribution < -0.4 is 10.8 Å². The molecule has 4 atom stereocenters. The Balaban J connectivity index is 1.05. The topological polar surface area (TPSA) is 136 Å². The van der Waals surface area contributed by atoms with E-state index in [1.54, 1.807) is 0 Å². The fraction of sp³-hybridized carbons (Fsp3) is 0.939. The van der Waals surface area contributed by atoms with Crippen LogP contribution in [0.15, 0.2) is 0 Å². The summed E-state index contributed by atoms with van der Waals surface area (Å²) in [4.78, 5) is 34.8. The van der Waals surface area contributed by atoms with Crippen molar-refractivity contribution in [2.24, 2.45) is 29.1 Å². The second-order valence-corrected chi connectivity index (χ2v) is 14.6. The number of carbonyl (C=O) groups excluding carboxylic acids is 1. The molecular weight excluding hydrogens is 552 g/mol. The molecule has 0 aromatic rings. The SMILES string of the molecule is CC(C)(COC1CCC(NOCC2CCCCC2COO)CC1)COC1CCC(NC(=O)C2CCCCC2C(=O)O)CC1. The molecule has 0 aliphatic heterocycles. The van der Waals surface area contributed by atoms with Crippen LogP contribution in [0, 0.1) is 29.1 Å². The lowest BCUT2D eigenvalue weighted by atomic mass is 9.78. The Morgan fingerprint density at radius 1 is 0.698 bits per heavy atom. The molecule has 43 heavy (non-hydrogen) atoms. The molecule has 0 bridgehead atoms. The Hall–Kier alpha value is -1.30. The number of aliphatic carboxylic acids is 1. The zero-order valence-corrected chi connectivity index (χ0v) is 26.6. The first-order chi connectivity index (χ1) is 20.7. The van der Waals surface area contributed by atoms with Crippen LogP contribution in [0.3, 0.4) is 0 Å². The van der Waals surface area contributed by atoms with Gasteiger partial charge in [-0.25, -0.2) is 4.89 Å². The average molecular weight is 611 g/mol. The van der Waals surface area contributed by atoms with Gasteiger partial charge < -0.3 is 24.7 Å². The molecule has 4 rings (SSSR count). The highest BCUT2D eigenvalue weighted by atomic mass is 17.1. The third kappa shape index (κ3) is 11.2. The zero-order chi connectivity index (χ0) is 30.7. The summed E-state index contributed by atoms with van der Waals surface area (Å²) in [6.07, 6.45) is 15.9. The molecule has 10 nitrogen and oxygen atoms in total. The lowest BCUT2D eigenvalue weighted by Gasteiger charge is -2.35. The van der Waals surface area contributed by atoms with Gasteiger partial charge in [-0.3, -0.25) is 14.8 Å². The predicted octanol–water partition coefficient (Wildman–Crippen LogP) is 5.49. The number of carbonyl (C=O) groups is 2. The second-order valence-electron chi connectivity index (χ2n) is 14.6. The minimum absolute atomic E-state index is 0.0746. The van der Waals surface area contributed by atoms with Gasteiger partial charge in [0.2, 0.25) is 5.91 Å². The van der Waals surface area contributed by atoms with Crippen molar-refractivity contribution in [1.29, 1.82) is 0 Å². The summed E-state index contributed by atoms with van der Waals surface area (Å²) in [5.41, 5.74) is 3.21. The molecule has 1 amide bonds. The van der Waals surface area contributed by atoms with E-state index in [1.807, 2.05) is 0 Å². The smallest absolute Gasteiger partial charge is 0.307 e. The number of nitrogens with one attached hydrogen (secondary N) is 2. The molecule has 0 saturated heterocycles. The van der Waals surface area contributed by atoms with Gasteiger partial charge in [0.25, 0.3) is 0 Å². The molecule has 0 aromatic carbocycles. The van der Waals surface area contributed by atoms with Crippen LogP contribution in [0.4, 0.5) is 0 Å². The van der Waals surface area contributed by atoms with E-state index in [2.05, 4.69) is 29.5 Å². The van der Waals surface area contributed by atoms with Crippen molar-refractivity contribution < 1.29 is 39.2 Å². The van der Waals surface area contributed by atoms with Crippen LogP contribution >= 0.6 is 0 Å². The number of rotatable bonds is 15. The summed E-state index contributed by atoms with van der Waals surface area (Å²) in [6.45, 7) is 6.77. The number of amides is 1. The van der Waals surface area contributed by atoms with Gasteiger partial charge in [-0.1, -0.05) is 39.5 Å². The van der Waals surface area contributed by atoms with Gasteiger partial charge >= 0.3 is 5.97 Å². The molecule has 0 heterocycles. The van der Waals surface area contributed by atoms with Gasteiger partial charge in [0.1, 0.15) is 0 Å². The van der Waals surface area contributed by atoms with E-state index in [0.29, 0.717) is 57.1 Å². The van der Waals surface area contributed by atoms with Crippen molar-refractivity contribution in [3.05, 3.63) is 0 Å². The molecule has 4 aliphatic carbocycles. The van der Waals surface area contributed by atoms with E-state index in [9.17, 15) is 14.7 Å². The van der Waals surface area contributed by atoms with Crippen molar-refractivity contribution in [2.45, 2.75) is 141 Å². The monoisotopic (exact) mass is 610 g/mol. The Bertz CT molecular complexity index is 839. The molecule has 4 fully saturated rings. The maximum Gasteiger partial charge on any atom is 0.307 e. The molecule has 4 aliphatic rings. The highest BCUT2D eigenvalue weighted by molar-refractivity contribution is 5.85. The number of carboxylic acid groups (broad SMARTS) is 1. The number of hydrogen-bond acceptors (Lipinski definition) is 8. The van der Waals surface area contributed by atoms with Gasteiger partial charge in [0.15, 0.2) is 0 Å². The number of hydroxylamine groups is 1. The molecule has 248 valence electrons. The van der Waals surface area contributed by atoms with Crippen LogP contribution in [-0.4, -0.2) is 73.0 Å². The summed E-state index contributed by atoms with van der Waals surface area (Å²) in [5.74, 6) is -1.04. The lowest BCUT2D eigenvalue weighted by Crippen LogP contribution is -2.46. The van der Waals surface area contributed by atoms with Crippen LogP contribution in [0.2, 0.25) is 0 Å². The van der Waals surface area contributed by atoms with Crippen molar-refractivity contribution in [2.75, 3.05) is 26.4 Å². The number of carboxylic acids is 1. The van der Waals surface area contributed by atoms with E-state index in [4.69, 9.17) is 19.6 Å².